The van der Waals surface area contributed by atoms with Gasteiger partial charge in [0.15, 0.2) is 5.16 Å². The third-order valence-electron chi connectivity index (χ3n) is 3.49. The highest BCUT2D eigenvalue weighted by atomic mass is 79.9. The molecular weight excluding hydrogens is 414 g/mol. The summed E-state index contributed by atoms with van der Waals surface area (Å²) in [6.07, 6.45) is 1.57. The van der Waals surface area contributed by atoms with Gasteiger partial charge in [-0.15, -0.1) is 0 Å². The highest BCUT2D eigenvalue weighted by Crippen LogP contribution is 2.24. The molecule has 0 bridgehead atoms. The predicted molar refractivity (Wildman–Crippen MR) is 107 cm³/mol. The van der Waals surface area contributed by atoms with Gasteiger partial charge in [0.05, 0.1) is 4.47 Å². The Morgan fingerprint density at radius 1 is 1.23 bits per heavy atom. The van der Waals surface area contributed by atoms with E-state index in [0.717, 1.165) is 5.75 Å². The molecule has 0 aliphatic rings. The standard InChI is InChI=1S/C19H16BrN3O2S/c1-12-4-2-5-13(8-12)11-26-19-21-10-16(20)17(23-19)18(25)22-14-6-3-7-15(24)9-14/h2-10,24H,11H2,1H3,(H,22,25). The van der Waals surface area contributed by atoms with Crippen LogP contribution in [0.25, 0.3) is 0 Å². The van der Waals surface area contributed by atoms with Crippen LogP contribution in [0.3, 0.4) is 0 Å². The summed E-state index contributed by atoms with van der Waals surface area (Å²) in [4.78, 5) is 21.1. The van der Waals surface area contributed by atoms with Crippen molar-refractivity contribution in [1.82, 2.24) is 9.97 Å². The number of phenolic OH excluding ortho intramolecular Hbond substituents is 1. The summed E-state index contributed by atoms with van der Waals surface area (Å²) in [6, 6.07) is 14.6. The summed E-state index contributed by atoms with van der Waals surface area (Å²) in [5.74, 6) is 0.429. The number of phenols is 1. The first-order valence-corrected chi connectivity index (χ1v) is 9.60. The lowest BCUT2D eigenvalue weighted by Gasteiger charge is -2.08. The minimum Gasteiger partial charge on any atom is -0.508 e. The minimum absolute atomic E-state index is 0.0824. The van der Waals surface area contributed by atoms with E-state index in [1.54, 1.807) is 18.3 Å². The molecule has 5 nitrogen and oxygen atoms in total. The molecule has 3 aromatic rings. The number of aromatic hydroxyl groups is 1. The van der Waals surface area contributed by atoms with Gasteiger partial charge in [0, 0.05) is 23.7 Å². The molecular formula is C19H16BrN3O2S. The van der Waals surface area contributed by atoms with Crippen LogP contribution < -0.4 is 5.32 Å². The maximum Gasteiger partial charge on any atom is 0.275 e. The van der Waals surface area contributed by atoms with Gasteiger partial charge >= 0.3 is 0 Å². The van der Waals surface area contributed by atoms with Crippen molar-refractivity contribution < 1.29 is 9.90 Å². The molecule has 0 atom stereocenters. The zero-order chi connectivity index (χ0) is 18.5. The molecule has 26 heavy (non-hydrogen) atoms. The third kappa shape index (κ3) is 4.83. The number of nitrogens with zero attached hydrogens (tertiary/aromatic N) is 2. The van der Waals surface area contributed by atoms with Gasteiger partial charge < -0.3 is 10.4 Å². The number of nitrogens with one attached hydrogen (secondary N) is 1. The van der Waals surface area contributed by atoms with Gasteiger partial charge in [0.1, 0.15) is 11.4 Å². The fraction of sp³-hybridized carbons (Fsp3) is 0.105. The molecule has 0 radical (unpaired) electrons. The number of hydrogen-bond donors (Lipinski definition) is 2. The van der Waals surface area contributed by atoms with E-state index in [2.05, 4.69) is 37.3 Å². The molecule has 1 heterocycles. The van der Waals surface area contributed by atoms with E-state index in [-0.39, 0.29) is 17.4 Å². The number of aromatic nitrogens is 2. The number of aryl methyl sites for hydroxylation is 1. The predicted octanol–water partition coefficient (Wildman–Crippen LogP) is 4.80. The Morgan fingerprint density at radius 2 is 2.04 bits per heavy atom. The number of anilines is 1. The van der Waals surface area contributed by atoms with Crippen molar-refractivity contribution >= 4 is 39.3 Å². The molecule has 0 saturated heterocycles. The maximum atomic E-state index is 12.5. The maximum absolute atomic E-state index is 12.5. The lowest BCUT2D eigenvalue weighted by Crippen LogP contribution is -2.15. The average molecular weight is 430 g/mol. The number of halogens is 1. The SMILES string of the molecule is Cc1cccc(CSc2ncc(Br)c(C(=O)Nc3cccc(O)c3)n2)c1. The molecule has 0 unspecified atom stereocenters. The fourth-order valence-corrected chi connectivity index (χ4v) is 3.43. The molecule has 2 aromatic carbocycles. The molecule has 0 fully saturated rings. The summed E-state index contributed by atoms with van der Waals surface area (Å²) in [6.45, 7) is 2.05. The van der Waals surface area contributed by atoms with E-state index in [1.807, 2.05) is 25.1 Å². The molecule has 1 aromatic heterocycles. The fourth-order valence-electron chi connectivity index (χ4n) is 2.30. The van der Waals surface area contributed by atoms with Gasteiger partial charge in [-0.1, -0.05) is 47.7 Å². The third-order valence-corrected chi connectivity index (χ3v) is 5.00. The molecule has 7 heteroatoms. The largest absolute Gasteiger partial charge is 0.508 e. The Labute approximate surface area is 164 Å². The zero-order valence-corrected chi connectivity index (χ0v) is 16.3. The number of rotatable bonds is 5. The van der Waals surface area contributed by atoms with Gasteiger partial charge in [-0.3, -0.25) is 4.79 Å². The van der Waals surface area contributed by atoms with E-state index in [4.69, 9.17) is 0 Å². The van der Waals surface area contributed by atoms with Crippen molar-refractivity contribution in [3.05, 3.63) is 76.0 Å². The number of carbonyl (C=O) groups is 1. The second-order valence-electron chi connectivity index (χ2n) is 5.63. The summed E-state index contributed by atoms with van der Waals surface area (Å²) >= 11 is 4.79. The molecule has 0 aliphatic carbocycles. The van der Waals surface area contributed by atoms with E-state index in [0.29, 0.717) is 15.3 Å². The molecule has 0 aliphatic heterocycles. The first-order chi connectivity index (χ1) is 12.5. The number of carbonyl (C=O) groups excluding carboxylic acids is 1. The van der Waals surface area contributed by atoms with E-state index >= 15 is 0 Å². The monoisotopic (exact) mass is 429 g/mol. The van der Waals surface area contributed by atoms with Crippen molar-refractivity contribution in [3.63, 3.8) is 0 Å². The van der Waals surface area contributed by atoms with Crippen molar-refractivity contribution in [2.45, 2.75) is 17.8 Å². The van der Waals surface area contributed by atoms with Gasteiger partial charge in [0.25, 0.3) is 5.91 Å². The zero-order valence-electron chi connectivity index (χ0n) is 13.9. The second kappa shape index (κ2) is 8.33. The highest BCUT2D eigenvalue weighted by molar-refractivity contribution is 9.10. The van der Waals surface area contributed by atoms with Crippen molar-refractivity contribution in [3.8, 4) is 5.75 Å². The van der Waals surface area contributed by atoms with Crippen LogP contribution in [-0.4, -0.2) is 21.0 Å². The Hall–Kier alpha value is -2.38. The first kappa shape index (κ1) is 18.4. The van der Waals surface area contributed by atoms with Gasteiger partial charge in [-0.2, -0.15) is 0 Å². The Kier molecular flexibility index (Phi) is 5.90. The first-order valence-electron chi connectivity index (χ1n) is 7.82. The van der Waals surface area contributed by atoms with E-state index in [1.165, 1.54) is 35.0 Å². The molecule has 0 spiro atoms. The van der Waals surface area contributed by atoms with Crippen LogP contribution in [0.5, 0.6) is 5.75 Å². The Morgan fingerprint density at radius 3 is 2.81 bits per heavy atom. The van der Waals surface area contributed by atoms with Crippen LogP contribution in [0.1, 0.15) is 21.6 Å². The summed E-state index contributed by atoms with van der Waals surface area (Å²) in [7, 11) is 0. The highest BCUT2D eigenvalue weighted by Gasteiger charge is 2.15. The molecule has 132 valence electrons. The molecule has 0 saturated carbocycles. The lowest BCUT2D eigenvalue weighted by molar-refractivity contribution is 0.102. The van der Waals surface area contributed by atoms with E-state index in [9.17, 15) is 9.90 Å². The smallest absolute Gasteiger partial charge is 0.275 e. The topological polar surface area (TPSA) is 75.1 Å². The normalized spacial score (nSPS) is 10.5. The number of benzene rings is 2. The number of hydrogen-bond acceptors (Lipinski definition) is 5. The molecule has 3 rings (SSSR count). The number of thioether (sulfide) groups is 1. The Balaban J connectivity index is 1.73. The van der Waals surface area contributed by atoms with Crippen LogP contribution in [0.2, 0.25) is 0 Å². The summed E-state index contributed by atoms with van der Waals surface area (Å²) < 4.78 is 0.509. The van der Waals surface area contributed by atoms with Crippen LogP contribution in [0, 0.1) is 6.92 Å². The van der Waals surface area contributed by atoms with Crippen molar-refractivity contribution in [2.24, 2.45) is 0 Å². The van der Waals surface area contributed by atoms with Crippen LogP contribution in [-0.2, 0) is 5.75 Å². The van der Waals surface area contributed by atoms with E-state index < -0.39 is 0 Å². The quantitative estimate of drug-likeness (QED) is 0.450. The van der Waals surface area contributed by atoms with Gasteiger partial charge in [-0.25, -0.2) is 9.97 Å². The van der Waals surface area contributed by atoms with Crippen molar-refractivity contribution in [1.29, 1.82) is 0 Å². The lowest BCUT2D eigenvalue weighted by atomic mass is 10.2. The molecule has 2 N–H and O–H groups in total. The Bertz CT molecular complexity index is 950. The van der Waals surface area contributed by atoms with Gasteiger partial charge in [0.2, 0.25) is 0 Å². The number of amides is 1. The summed E-state index contributed by atoms with van der Waals surface area (Å²) in [5.41, 5.74) is 3.11. The van der Waals surface area contributed by atoms with Crippen LogP contribution in [0.15, 0.2) is 64.4 Å². The average Bonchev–Trinajstić information content (AvgIpc) is 2.61. The van der Waals surface area contributed by atoms with Crippen molar-refractivity contribution in [2.75, 3.05) is 5.32 Å². The minimum atomic E-state index is -0.373. The molecule has 1 amide bonds. The second-order valence-corrected chi connectivity index (χ2v) is 7.43. The van der Waals surface area contributed by atoms with Gasteiger partial charge in [-0.05, 0) is 40.5 Å². The van der Waals surface area contributed by atoms with Crippen LogP contribution >= 0.6 is 27.7 Å². The van der Waals surface area contributed by atoms with Crippen LogP contribution in [0.4, 0.5) is 5.69 Å². The summed E-state index contributed by atoms with van der Waals surface area (Å²) in [5, 5.41) is 12.7.